The first-order valence-corrected chi connectivity index (χ1v) is 15.4. The minimum absolute atomic E-state index is 0.119. The van der Waals surface area contributed by atoms with Crippen molar-refractivity contribution in [2.45, 2.75) is 32.7 Å². The van der Waals surface area contributed by atoms with Crippen LogP contribution in [0.5, 0.6) is 0 Å². The number of allylic oxidation sites excluding steroid dienone is 1. The quantitative estimate of drug-likeness (QED) is 0.153. The van der Waals surface area contributed by atoms with Crippen LogP contribution in [0.2, 0.25) is 0 Å². The Hall–Kier alpha value is -4.77. The number of amides is 2. The van der Waals surface area contributed by atoms with Gasteiger partial charge < -0.3 is 29.2 Å². The maximum Gasteiger partial charge on any atom is 0.254 e. The summed E-state index contributed by atoms with van der Waals surface area (Å²) in [5.74, 6) is 2.01. The maximum absolute atomic E-state index is 13.9. The number of imidazole rings is 2. The first-order valence-electron chi connectivity index (χ1n) is 15.4. The maximum atomic E-state index is 13.9. The Kier molecular flexibility index (Phi) is 10.1. The van der Waals surface area contributed by atoms with Crippen LogP contribution >= 0.6 is 0 Å². The van der Waals surface area contributed by atoms with E-state index < -0.39 is 0 Å². The molecule has 3 aromatic heterocycles. The second-order valence-electron chi connectivity index (χ2n) is 11.8. The number of carbonyl (C=O) groups excluding carboxylic acids is 2. The van der Waals surface area contributed by atoms with Crippen LogP contribution in [0.1, 0.15) is 41.4 Å². The zero-order valence-corrected chi connectivity index (χ0v) is 26.7. The van der Waals surface area contributed by atoms with Crippen molar-refractivity contribution in [1.82, 2.24) is 39.2 Å². The fourth-order valence-corrected chi connectivity index (χ4v) is 5.45. The number of rotatable bonds is 15. The molecule has 1 aliphatic carbocycles. The number of carbonyl (C=O) groups is 2. The lowest BCUT2D eigenvalue weighted by atomic mass is 10.1. The first-order chi connectivity index (χ1) is 21.8. The van der Waals surface area contributed by atoms with Crippen LogP contribution in [0.25, 0.3) is 28.6 Å². The van der Waals surface area contributed by atoms with Crippen LogP contribution in [-0.2, 0) is 24.8 Å². The molecule has 5 rings (SSSR count). The van der Waals surface area contributed by atoms with Crippen LogP contribution in [0.4, 0.5) is 5.82 Å². The number of aromatic amines is 1. The smallest absolute Gasteiger partial charge is 0.254 e. The number of nitrogens with zero attached hydrogens (tertiary/aromatic N) is 7. The van der Waals surface area contributed by atoms with Crippen molar-refractivity contribution in [2.24, 2.45) is 18.0 Å². The van der Waals surface area contributed by atoms with Gasteiger partial charge in [0.05, 0.1) is 23.1 Å². The fourth-order valence-electron chi connectivity index (χ4n) is 5.45. The van der Waals surface area contributed by atoms with E-state index in [1.807, 2.05) is 63.3 Å². The molecule has 236 valence electrons. The largest absolute Gasteiger partial charge is 0.351 e. The number of hydrogen-bond donors (Lipinski definition) is 2. The third-order valence-electron chi connectivity index (χ3n) is 8.00. The molecule has 45 heavy (non-hydrogen) atoms. The van der Waals surface area contributed by atoms with E-state index in [0.29, 0.717) is 44.1 Å². The van der Waals surface area contributed by atoms with Crippen molar-refractivity contribution >= 4 is 41.5 Å². The van der Waals surface area contributed by atoms with Crippen LogP contribution in [0, 0.1) is 5.92 Å². The van der Waals surface area contributed by atoms with Crippen molar-refractivity contribution in [3.05, 3.63) is 71.8 Å². The van der Waals surface area contributed by atoms with Crippen molar-refractivity contribution in [2.75, 3.05) is 40.3 Å². The zero-order valence-electron chi connectivity index (χ0n) is 26.7. The van der Waals surface area contributed by atoms with Crippen LogP contribution < -0.4 is 5.32 Å². The van der Waals surface area contributed by atoms with E-state index in [4.69, 9.17) is 4.98 Å². The fraction of sp³-hybridized carbons (Fsp3) is 0.382. The molecule has 1 saturated carbocycles. The number of aliphatic imine (C=N–C) groups is 1. The molecule has 1 aliphatic rings. The number of fused-ring (bicyclic) bond motifs is 1. The Bertz CT molecular complexity index is 1700. The molecule has 0 aliphatic heterocycles. The van der Waals surface area contributed by atoms with E-state index in [0.717, 1.165) is 46.2 Å². The van der Waals surface area contributed by atoms with E-state index in [9.17, 15) is 9.59 Å². The van der Waals surface area contributed by atoms with Gasteiger partial charge in [-0.3, -0.25) is 9.59 Å². The highest BCUT2D eigenvalue weighted by molar-refractivity contribution is 5.98. The SMILES string of the molecule is C=Nc1c(/C=C\C)cc(-c2nc3cc(C(=O)N(CCNC(=O)/C=C/CN(C)C)CCc4cnc[nH]4)ccc3n2C)n1CC1CC1. The molecule has 3 heterocycles. The van der Waals surface area contributed by atoms with Crippen molar-refractivity contribution < 1.29 is 9.59 Å². The number of likely N-dealkylation sites (N-methyl/N-ethyl adjacent to an activating group) is 1. The minimum Gasteiger partial charge on any atom is -0.351 e. The number of aryl methyl sites for hydroxylation is 1. The van der Waals surface area contributed by atoms with Gasteiger partial charge in [-0.1, -0.05) is 18.2 Å². The third-order valence-corrected chi connectivity index (χ3v) is 8.00. The van der Waals surface area contributed by atoms with Gasteiger partial charge in [-0.05, 0) is 70.8 Å². The Morgan fingerprint density at radius 3 is 2.73 bits per heavy atom. The molecular weight excluding hydrogens is 566 g/mol. The van der Waals surface area contributed by atoms with E-state index in [2.05, 4.69) is 48.3 Å². The molecule has 0 unspecified atom stereocenters. The average molecular weight is 610 g/mol. The standard InChI is InChI=1S/C34H43N9O2/c1-6-8-25-20-30(43(32(25)35-2)22-24-10-11-24)33-39-28-19-26(12-13-29(28)41(33)5)34(45)42(17-14-27-21-36-23-38-27)18-15-37-31(44)9-7-16-40(3)4/h6-9,12-13,19-21,23-24H,2,10-11,14-18,22H2,1,3-5H3,(H,36,38)(H,37,44)/b8-6-,9-7+. The molecule has 11 heteroatoms. The molecule has 11 nitrogen and oxygen atoms in total. The number of benzene rings is 1. The van der Waals surface area contributed by atoms with Gasteiger partial charge in [0.1, 0.15) is 5.82 Å². The van der Waals surface area contributed by atoms with Gasteiger partial charge in [0.2, 0.25) is 5.91 Å². The molecule has 0 spiro atoms. The Morgan fingerprint density at radius 1 is 1.22 bits per heavy atom. The summed E-state index contributed by atoms with van der Waals surface area (Å²) in [6.45, 7) is 8.58. The van der Waals surface area contributed by atoms with Gasteiger partial charge in [0, 0.05) is 75.3 Å². The molecule has 2 N–H and O–H groups in total. The summed E-state index contributed by atoms with van der Waals surface area (Å²) < 4.78 is 4.30. The molecule has 0 saturated heterocycles. The van der Waals surface area contributed by atoms with Crippen molar-refractivity contribution in [3.8, 4) is 11.5 Å². The molecule has 0 atom stereocenters. The van der Waals surface area contributed by atoms with E-state index in [1.165, 1.54) is 18.9 Å². The van der Waals surface area contributed by atoms with Gasteiger partial charge in [0.15, 0.2) is 5.82 Å². The number of H-pyrrole nitrogens is 1. The first kappa shape index (κ1) is 31.6. The molecule has 0 bridgehead atoms. The lowest BCUT2D eigenvalue weighted by Gasteiger charge is -2.23. The summed E-state index contributed by atoms with van der Waals surface area (Å²) in [6, 6.07) is 7.80. The predicted octanol–water partition coefficient (Wildman–Crippen LogP) is 4.46. The Labute approximate surface area is 264 Å². The van der Waals surface area contributed by atoms with Crippen LogP contribution in [-0.4, -0.2) is 92.7 Å². The number of hydrogen-bond acceptors (Lipinski definition) is 6. The van der Waals surface area contributed by atoms with Crippen molar-refractivity contribution in [3.63, 3.8) is 0 Å². The average Bonchev–Trinajstić information content (AvgIpc) is 3.40. The number of aromatic nitrogens is 5. The topological polar surface area (TPSA) is 116 Å². The summed E-state index contributed by atoms with van der Waals surface area (Å²) in [5, 5.41) is 2.90. The molecular formula is C34H43N9O2. The monoisotopic (exact) mass is 609 g/mol. The second kappa shape index (κ2) is 14.3. The summed E-state index contributed by atoms with van der Waals surface area (Å²) >= 11 is 0. The Balaban J connectivity index is 1.39. The summed E-state index contributed by atoms with van der Waals surface area (Å²) in [7, 11) is 5.89. The third kappa shape index (κ3) is 7.66. The highest BCUT2D eigenvalue weighted by Crippen LogP contribution is 2.38. The summed E-state index contributed by atoms with van der Waals surface area (Å²) in [5.41, 5.74) is 5.16. The second-order valence-corrected chi connectivity index (χ2v) is 11.8. The van der Waals surface area contributed by atoms with E-state index in [-0.39, 0.29) is 11.8 Å². The summed E-state index contributed by atoms with van der Waals surface area (Å²) in [6.07, 6.45) is 13.8. The van der Waals surface area contributed by atoms with Gasteiger partial charge in [-0.2, -0.15) is 0 Å². The van der Waals surface area contributed by atoms with Crippen molar-refractivity contribution in [1.29, 1.82) is 0 Å². The highest BCUT2D eigenvalue weighted by atomic mass is 16.2. The van der Waals surface area contributed by atoms with E-state index in [1.54, 1.807) is 17.4 Å². The Morgan fingerprint density at radius 2 is 2.04 bits per heavy atom. The number of nitrogens with one attached hydrogen (secondary N) is 2. The highest BCUT2D eigenvalue weighted by Gasteiger charge is 2.27. The van der Waals surface area contributed by atoms with Gasteiger partial charge in [-0.25, -0.2) is 15.0 Å². The molecule has 1 aromatic carbocycles. The normalized spacial score (nSPS) is 13.4. The lowest BCUT2D eigenvalue weighted by molar-refractivity contribution is -0.116. The zero-order chi connectivity index (χ0) is 31.9. The predicted molar refractivity (Wildman–Crippen MR) is 180 cm³/mol. The van der Waals surface area contributed by atoms with Crippen LogP contribution in [0.15, 0.2) is 60.0 Å². The van der Waals surface area contributed by atoms with Crippen LogP contribution in [0.3, 0.4) is 0 Å². The van der Waals surface area contributed by atoms with Gasteiger partial charge >= 0.3 is 0 Å². The molecule has 4 aromatic rings. The summed E-state index contributed by atoms with van der Waals surface area (Å²) in [4.78, 5) is 46.5. The molecule has 2 amide bonds. The molecule has 0 radical (unpaired) electrons. The van der Waals surface area contributed by atoms with Gasteiger partial charge in [-0.15, -0.1) is 0 Å². The molecule has 1 fully saturated rings. The van der Waals surface area contributed by atoms with Gasteiger partial charge in [0.25, 0.3) is 5.91 Å². The van der Waals surface area contributed by atoms with E-state index >= 15 is 0 Å². The minimum atomic E-state index is -0.181. The lowest BCUT2D eigenvalue weighted by Crippen LogP contribution is -2.39.